The van der Waals surface area contributed by atoms with Crippen molar-refractivity contribution in [3.8, 4) is 0 Å². The van der Waals surface area contributed by atoms with Gasteiger partial charge in [0, 0.05) is 12.5 Å². The minimum absolute atomic E-state index is 0.00892. The highest BCUT2D eigenvalue weighted by atomic mass is 31.2. The summed E-state index contributed by atoms with van der Waals surface area (Å²) in [6, 6.07) is 7.59. The summed E-state index contributed by atoms with van der Waals surface area (Å²) >= 11 is 0. The summed E-state index contributed by atoms with van der Waals surface area (Å²) in [6.45, 7) is 3.58. The third kappa shape index (κ3) is 6.39. The molecule has 1 aromatic carbocycles. The van der Waals surface area contributed by atoms with Crippen LogP contribution in [0, 0.1) is 5.92 Å². The van der Waals surface area contributed by atoms with Gasteiger partial charge >= 0.3 is 19.7 Å². The van der Waals surface area contributed by atoms with E-state index in [2.05, 4.69) is 0 Å². The number of hydrogen-bond acceptors (Lipinski definition) is 7. The second kappa shape index (κ2) is 11.2. The molecule has 2 atom stereocenters. The van der Waals surface area contributed by atoms with Gasteiger partial charge in [-0.1, -0.05) is 30.3 Å². The summed E-state index contributed by atoms with van der Waals surface area (Å²) in [7, 11) is -3.67. The number of rotatable bonds is 10. The lowest BCUT2D eigenvalue weighted by Crippen LogP contribution is -2.55. The Labute approximate surface area is 175 Å². The first-order chi connectivity index (χ1) is 14.3. The number of nitrogens with zero attached hydrogens (tertiary/aromatic N) is 1. The van der Waals surface area contributed by atoms with E-state index >= 15 is 0 Å². The Hall–Kier alpha value is -2.22. The topological polar surface area (TPSA) is 119 Å². The highest BCUT2D eigenvalue weighted by Crippen LogP contribution is 2.48. The molecule has 1 aliphatic heterocycles. The molecule has 1 aliphatic rings. The van der Waals surface area contributed by atoms with Crippen LogP contribution < -0.4 is 0 Å². The quantitative estimate of drug-likeness (QED) is 0.549. The van der Waals surface area contributed by atoms with Crippen molar-refractivity contribution >= 4 is 25.4 Å². The zero-order valence-corrected chi connectivity index (χ0v) is 18.1. The van der Waals surface area contributed by atoms with E-state index in [1.54, 1.807) is 38.1 Å². The minimum Gasteiger partial charge on any atom is -0.480 e. The van der Waals surface area contributed by atoms with Gasteiger partial charge in [0.25, 0.3) is 0 Å². The molecule has 2 unspecified atom stereocenters. The van der Waals surface area contributed by atoms with Gasteiger partial charge < -0.3 is 18.9 Å². The van der Waals surface area contributed by atoms with Crippen LogP contribution in [0.15, 0.2) is 30.3 Å². The van der Waals surface area contributed by atoms with Crippen LogP contribution in [-0.2, 0) is 34.5 Å². The summed E-state index contributed by atoms with van der Waals surface area (Å²) in [6.07, 6.45) is -0.651. The highest BCUT2D eigenvalue weighted by molar-refractivity contribution is 7.54. The SMILES string of the molecule is CCOP(=O)(CC(=O)C1CCCN(C(=O)OCc2ccccc2)C1C(=O)O)OCC. The Balaban J connectivity index is 2.12. The van der Waals surface area contributed by atoms with Crippen molar-refractivity contribution in [1.82, 2.24) is 4.90 Å². The normalized spacial score (nSPS) is 19.3. The Bertz CT molecular complexity index is 774. The molecular weight excluding hydrogens is 413 g/mol. The molecule has 0 spiro atoms. The smallest absolute Gasteiger partial charge is 0.410 e. The van der Waals surface area contributed by atoms with E-state index < -0.39 is 43.6 Å². The lowest BCUT2D eigenvalue weighted by Gasteiger charge is -2.37. The Kier molecular flexibility index (Phi) is 9.02. The van der Waals surface area contributed by atoms with Crippen molar-refractivity contribution in [3.63, 3.8) is 0 Å². The standard InChI is InChI=1S/C20H28NO8P/c1-3-28-30(26,29-4-2)14-17(22)16-11-8-12-21(18(16)19(23)24)20(25)27-13-15-9-6-5-7-10-15/h5-7,9-10,16,18H,3-4,8,11-14H2,1-2H3,(H,23,24). The third-order valence-electron chi connectivity index (χ3n) is 4.74. The first-order valence-corrected chi connectivity index (χ1v) is 11.6. The molecule has 2 rings (SSSR count). The van der Waals surface area contributed by atoms with Crippen molar-refractivity contribution in [2.45, 2.75) is 39.3 Å². The number of piperidine rings is 1. The fourth-order valence-corrected chi connectivity index (χ4v) is 5.14. The van der Waals surface area contributed by atoms with Gasteiger partial charge in [-0.3, -0.25) is 14.3 Å². The summed E-state index contributed by atoms with van der Waals surface area (Å²) in [5.74, 6) is -2.89. The fraction of sp³-hybridized carbons (Fsp3) is 0.550. The van der Waals surface area contributed by atoms with Crippen molar-refractivity contribution in [3.05, 3.63) is 35.9 Å². The second-order valence-electron chi connectivity index (χ2n) is 6.84. The number of ketones is 1. The van der Waals surface area contributed by atoms with Gasteiger partial charge in [-0.15, -0.1) is 0 Å². The summed E-state index contributed by atoms with van der Waals surface area (Å²) in [5, 5.41) is 9.73. The number of benzene rings is 1. The molecule has 1 amide bonds. The Morgan fingerprint density at radius 2 is 1.77 bits per heavy atom. The van der Waals surface area contributed by atoms with Gasteiger partial charge in [0.05, 0.1) is 13.2 Å². The molecule has 1 N–H and O–H groups in total. The number of ether oxygens (including phenoxy) is 1. The van der Waals surface area contributed by atoms with Crippen molar-refractivity contribution < 1.29 is 37.8 Å². The van der Waals surface area contributed by atoms with Crippen LogP contribution in [0.5, 0.6) is 0 Å². The number of likely N-dealkylation sites (tertiary alicyclic amines) is 1. The number of aliphatic carboxylic acids is 1. The van der Waals surface area contributed by atoms with Crippen LogP contribution in [-0.4, -0.2) is 59.8 Å². The number of carbonyl (C=O) groups is 3. The van der Waals surface area contributed by atoms with Crippen molar-refractivity contribution in [2.24, 2.45) is 5.92 Å². The monoisotopic (exact) mass is 441 g/mol. The van der Waals surface area contributed by atoms with Crippen molar-refractivity contribution in [2.75, 3.05) is 25.9 Å². The maximum Gasteiger partial charge on any atom is 0.410 e. The van der Waals surface area contributed by atoms with Crippen LogP contribution >= 0.6 is 7.60 Å². The third-order valence-corrected chi connectivity index (χ3v) is 6.74. The molecule has 166 valence electrons. The molecule has 0 aliphatic carbocycles. The molecular formula is C20H28NO8P. The number of carboxylic acid groups (broad SMARTS) is 1. The van der Waals surface area contributed by atoms with Gasteiger partial charge in [-0.25, -0.2) is 9.59 Å². The van der Waals surface area contributed by atoms with Gasteiger partial charge in [-0.05, 0) is 32.3 Å². The van der Waals surface area contributed by atoms with Gasteiger partial charge in [0.15, 0.2) is 5.78 Å². The number of Topliss-reactive ketones (excluding diaryl/α,β-unsaturated/α-hetero) is 1. The second-order valence-corrected chi connectivity index (χ2v) is 8.89. The Morgan fingerprint density at radius 3 is 2.33 bits per heavy atom. The number of carboxylic acids is 1. The number of carbonyl (C=O) groups excluding carboxylic acids is 2. The minimum atomic E-state index is -3.67. The van der Waals surface area contributed by atoms with Gasteiger partial charge in [0.1, 0.15) is 18.8 Å². The van der Waals surface area contributed by atoms with Crippen LogP contribution in [0.4, 0.5) is 4.79 Å². The van der Waals surface area contributed by atoms with Crippen LogP contribution in [0.2, 0.25) is 0 Å². The van der Waals surface area contributed by atoms with E-state index in [4.69, 9.17) is 13.8 Å². The molecule has 0 saturated carbocycles. The van der Waals surface area contributed by atoms with Crippen LogP contribution in [0.1, 0.15) is 32.3 Å². The fourth-order valence-electron chi connectivity index (χ4n) is 3.48. The van der Waals surface area contributed by atoms with E-state index in [-0.39, 0.29) is 32.8 Å². The van der Waals surface area contributed by atoms with Crippen molar-refractivity contribution in [1.29, 1.82) is 0 Å². The summed E-state index contributed by atoms with van der Waals surface area (Å²) < 4.78 is 28.3. The first-order valence-electron chi connectivity index (χ1n) is 9.92. The van der Waals surface area contributed by atoms with Crippen LogP contribution in [0.25, 0.3) is 0 Å². The summed E-state index contributed by atoms with van der Waals surface area (Å²) in [5.41, 5.74) is 0.761. The number of hydrogen-bond donors (Lipinski definition) is 1. The van der Waals surface area contributed by atoms with Gasteiger partial charge in [-0.2, -0.15) is 0 Å². The average molecular weight is 441 g/mol. The largest absolute Gasteiger partial charge is 0.480 e. The van der Waals surface area contributed by atoms with E-state index in [1.807, 2.05) is 6.07 Å². The molecule has 1 saturated heterocycles. The van der Waals surface area contributed by atoms with Crippen LogP contribution in [0.3, 0.4) is 0 Å². The van der Waals surface area contributed by atoms with E-state index in [0.717, 1.165) is 10.5 Å². The highest BCUT2D eigenvalue weighted by Gasteiger charge is 2.45. The molecule has 9 nitrogen and oxygen atoms in total. The van der Waals surface area contributed by atoms with Gasteiger partial charge in [0.2, 0.25) is 0 Å². The van der Waals surface area contributed by atoms with E-state index in [0.29, 0.717) is 6.42 Å². The molecule has 0 bridgehead atoms. The molecule has 30 heavy (non-hydrogen) atoms. The maximum absolute atomic E-state index is 12.9. The lowest BCUT2D eigenvalue weighted by atomic mass is 9.86. The molecule has 0 aromatic heterocycles. The van der Waals surface area contributed by atoms with E-state index in [1.165, 1.54) is 0 Å². The molecule has 1 aromatic rings. The molecule has 10 heteroatoms. The first kappa shape index (κ1) is 24.1. The zero-order chi connectivity index (χ0) is 22.1. The number of amides is 1. The Morgan fingerprint density at radius 1 is 1.13 bits per heavy atom. The molecule has 1 heterocycles. The lowest BCUT2D eigenvalue weighted by molar-refractivity contribution is -0.149. The molecule has 0 radical (unpaired) electrons. The average Bonchev–Trinajstić information content (AvgIpc) is 2.72. The molecule has 1 fully saturated rings. The predicted octanol–water partition coefficient (Wildman–Crippen LogP) is 3.32. The maximum atomic E-state index is 12.9. The summed E-state index contributed by atoms with van der Waals surface area (Å²) in [4.78, 5) is 38.4. The predicted molar refractivity (Wildman–Crippen MR) is 108 cm³/mol. The van der Waals surface area contributed by atoms with E-state index in [9.17, 15) is 24.1 Å². The zero-order valence-electron chi connectivity index (χ0n) is 17.2.